The van der Waals surface area contributed by atoms with E-state index in [0.29, 0.717) is 0 Å². The van der Waals surface area contributed by atoms with Gasteiger partial charge in [0.15, 0.2) is 0 Å². The lowest BCUT2D eigenvalue weighted by atomic mass is 9.99. The summed E-state index contributed by atoms with van der Waals surface area (Å²) in [5, 5.41) is 0. The van der Waals surface area contributed by atoms with Crippen molar-refractivity contribution in [2.24, 2.45) is 5.73 Å². The number of hydrogen-bond donors (Lipinski definition) is 1. The van der Waals surface area contributed by atoms with Crippen LogP contribution in [0.25, 0.3) is 11.1 Å². The van der Waals surface area contributed by atoms with Crippen molar-refractivity contribution < 1.29 is 4.74 Å². The normalized spacial score (nSPS) is 12.2. The molecule has 2 aromatic rings. The highest BCUT2D eigenvalue weighted by molar-refractivity contribution is 5.66. The maximum absolute atomic E-state index is 6.03. The van der Waals surface area contributed by atoms with Gasteiger partial charge >= 0.3 is 0 Å². The Kier molecular flexibility index (Phi) is 4.23. The van der Waals surface area contributed by atoms with Gasteiger partial charge in [-0.05, 0) is 47.7 Å². The molecule has 0 aliphatic rings. The van der Waals surface area contributed by atoms with Crippen LogP contribution in [-0.4, -0.2) is 7.11 Å². The number of ether oxygens (including phenoxy) is 1. The van der Waals surface area contributed by atoms with Gasteiger partial charge in [-0.3, -0.25) is 0 Å². The summed E-state index contributed by atoms with van der Waals surface area (Å²) in [6.07, 6.45) is 0.959. The molecule has 2 heteroatoms. The number of nitrogens with two attached hydrogens (primary N) is 1. The Labute approximate surface area is 115 Å². The predicted molar refractivity (Wildman–Crippen MR) is 80.4 cm³/mol. The van der Waals surface area contributed by atoms with Gasteiger partial charge in [0.25, 0.3) is 0 Å². The lowest BCUT2D eigenvalue weighted by Gasteiger charge is -2.11. The number of aryl methyl sites for hydroxylation is 1. The fourth-order valence-corrected chi connectivity index (χ4v) is 2.22. The minimum Gasteiger partial charge on any atom is -0.496 e. The Morgan fingerprint density at radius 2 is 1.68 bits per heavy atom. The monoisotopic (exact) mass is 255 g/mol. The third-order valence-electron chi connectivity index (χ3n) is 3.51. The van der Waals surface area contributed by atoms with E-state index in [1.165, 1.54) is 16.7 Å². The van der Waals surface area contributed by atoms with Gasteiger partial charge in [-0.1, -0.05) is 37.3 Å². The van der Waals surface area contributed by atoms with Gasteiger partial charge in [0, 0.05) is 6.04 Å². The quantitative estimate of drug-likeness (QED) is 0.893. The molecule has 0 amide bonds. The SMILES string of the molecule is CCC(N)c1ccc(-c2ccc(OC)c(C)c2)cc1. The maximum atomic E-state index is 6.03. The molecule has 2 aromatic carbocycles. The van der Waals surface area contributed by atoms with E-state index in [1.807, 2.05) is 6.07 Å². The molecular weight excluding hydrogens is 234 g/mol. The van der Waals surface area contributed by atoms with Crippen molar-refractivity contribution in [1.82, 2.24) is 0 Å². The van der Waals surface area contributed by atoms with Crippen LogP contribution in [0.5, 0.6) is 5.75 Å². The van der Waals surface area contributed by atoms with Crippen LogP contribution in [0.3, 0.4) is 0 Å². The highest BCUT2D eigenvalue weighted by Crippen LogP contribution is 2.27. The fourth-order valence-electron chi connectivity index (χ4n) is 2.22. The van der Waals surface area contributed by atoms with Gasteiger partial charge in [0.2, 0.25) is 0 Å². The van der Waals surface area contributed by atoms with Crippen molar-refractivity contribution in [3.63, 3.8) is 0 Å². The summed E-state index contributed by atoms with van der Waals surface area (Å²) in [5.41, 5.74) is 10.8. The second-order valence-electron chi connectivity index (χ2n) is 4.82. The first-order valence-electron chi connectivity index (χ1n) is 6.66. The van der Waals surface area contributed by atoms with Crippen molar-refractivity contribution in [2.75, 3.05) is 7.11 Å². The standard InChI is InChI=1S/C17H21NO/c1-4-16(18)14-7-5-13(6-8-14)15-9-10-17(19-3)12(2)11-15/h5-11,16H,4,18H2,1-3H3. The molecule has 0 spiro atoms. The van der Waals surface area contributed by atoms with E-state index in [0.717, 1.165) is 17.7 Å². The molecule has 2 nitrogen and oxygen atoms in total. The summed E-state index contributed by atoms with van der Waals surface area (Å²) in [6.45, 7) is 4.16. The van der Waals surface area contributed by atoms with Gasteiger partial charge in [-0.2, -0.15) is 0 Å². The Bertz CT molecular complexity index is 546. The number of rotatable bonds is 4. The average molecular weight is 255 g/mol. The van der Waals surface area contributed by atoms with E-state index in [1.54, 1.807) is 7.11 Å². The largest absolute Gasteiger partial charge is 0.496 e. The molecule has 0 bridgehead atoms. The lowest BCUT2D eigenvalue weighted by Crippen LogP contribution is -2.08. The molecule has 0 aliphatic heterocycles. The first-order chi connectivity index (χ1) is 9.15. The molecular formula is C17H21NO. The predicted octanol–water partition coefficient (Wildman–Crippen LogP) is 4.08. The summed E-state index contributed by atoms with van der Waals surface area (Å²) in [7, 11) is 1.70. The third kappa shape index (κ3) is 2.96. The first kappa shape index (κ1) is 13.6. The Balaban J connectivity index is 2.29. The molecule has 0 saturated heterocycles. The fraction of sp³-hybridized carbons (Fsp3) is 0.294. The minimum absolute atomic E-state index is 0.131. The number of methoxy groups -OCH3 is 1. The van der Waals surface area contributed by atoms with Crippen LogP contribution in [-0.2, 0) is 0 Å². The summed E-state index contributed by atoms with van der Waals surface area (Å²) in [6, 6.07) is 14.9. The molecule has 0 radical (unpaired) electrons. The second-order valence-corrected chi connectivity index (χ2v) is 4.82. The van der Waals surface area contributed by atoms with Crippen LogP contribution in [0.1, 0.15) is 30.5 Å². The van der Waals surface area contributed by atoms with Gasteiger partial charge in [0.1, 0.15) is 5.75 Å². The van der Waals surface area contributed by atoms with Crippen LogP contribution < -0.4 is 10.5 Å². The summed E-state index contributed by atoms with van der Waals surface area (Å²) >= 11 is 0. The Hall–Kier alpha value is -1.80. The molecule has 0 heterocycles. The summed E-state index contributed by atoms with van der Waals surface area (Å²) < 4.78 is 5.28. The minimum atomic E-state index is 0.131. The van der Waals surface area contributed by atoms with Crippen LogP contribution in [0.2, 0.25) is 0 Å². The zero-order valence-corrected chi connectivity index (χ0v) is 11.8. The first-order valence-corrected chi connectivity index (χ1v) is 6.66. The van der Waals surface area contributed by atoms with Crippen LogP contribution in [0, 0.1) is 6.92 Å². The molecule has 19 heavy (non-hydrogen) atoms. The summed E-state index contributed by atoms with van der Waals surface area (Å²) in [4.78, 5) is 0. The molecule has 1 atom stereocenters. The summed E-state index contributed by atoms with van der Waals surface area (Å²) in [5.74, 6) is 0.924. The number of benzene rings is 2. The zero-order chi connectivity index (χ0) is 13.8. The van der Waals surface area contributed by atoms with Crippen molar-refractivity contribution in [1.29, 1.82) is 0 Å². The van der Waals surface area contributed by atoms with E-state index in [4.69, 9.17) is 10.5 Å². The van der Waals surface area contributed by atoms with Crippen LogP contribution >= 0.6 is 0 Å². The topological polar surface area (TPSA) is 35.2 Å². The van der Waals surface area contributed by atoms with Crippen molar-refractivity contribution in [2.45, 2.75) is 26.3 Å². The third-order valence-corrected chi connectivity index (χ3v) is 3.51. The molecule has 2 N–H and O–H groups in total. The van der Waals surface area contributed by atoms with Gasteiger partial charge in [0.05, 0.1) is 7.11 Å². The second kappa shape index (κ2) is 5.89. The van der Waals surface area contributed by atoms with Crippen LogP contribution in [0.4, 0.5) is 0 Å². The maximum Gasteiger partial charge on any atom is 0.121 e. The molecule has 0 fully saturated rings. The number of hydrogen-bond acceptors (Lipinski definition) is 2. The molecule has 0 aliphatic carbocycles. The highest BCUT2D eigenvalue weighted by atomic mass is 16.5. The lowest BCUT2D eigenvalue weighted by molar-refractivity contribution is 0.412. The van der Waals surface area contributed by atoms with Gasteiger partial charge in [-0.15, -0.1) is 0 Å². The van der Waals surface area contributed by atoms with E-state index in [2.05, 4.69) is 50.2 Å². The Morgan fingerprint density at radius 3 is 2.21 bits per heavy atom. The van der Waals surface area contributed by atoms with E-state index >= 15 is 0 Å². The average Bonchev–Trinajstić information content (AvgIpc) is 2.46. The van der Waals surface area contributed by atoms with E-state index in [9.17, 15) is 0 Å². The highest BCUT2D eigenvalue weighted by Gasteiger charge is 2.05. The molecule has 1 unspecified atom stereocenters. The zero-order valence-electron chi connectivity index (χ0n) is 11.8. The van der Waals surface area contributed by atoms with Gasteiger partial charge in [-0.25, -0.2) is 0 Å². The van der Waals surface area contributed by atoms with Crippen molar-refractivity contribution in [3.8, 4) is 16.9 Å². The van der Waals surface area contributed by atoms with Crippen LogP contribution in [0.15, 0.2) is 42.5 Å². The smallest absolute Gasteiger partial charge is 0.121 e. The van der Waals surface area contributed by atoms with Gasteiger partial charge < -0.3 is 10.5 Å². The Morgan fingerprint density at radius 1 is 1.05 bits per heavy atom. The van der Waals surface area contributed by atoms with E-state index in [-0.39, 0.29) is 6.04 Å². The molecule has 0 saturated carbocycles. The van der Waals surface area contributed by atoms with E-state index < -0.39 is 0 Å². The molecule has 0 aromatic heterocycles. The van der Waals surface area contributed by atoms with Crippen molar-refractivity contribution in [3.05, 3.63) is 53.6 Å². The molecule has 100 valence electrons. The molecule has 2 rings (SSSR count). The van der Waals surface area contributed by atoms with Crippen molar-refractivity contribution >= 4 is 0 Å².